The highest BCUT2D eigenvalue weighted by molar-refractivity contribution is 5.94. The number of hydrogen-bond donors (Lipinski definition) is 3. The molecule has 0 spiro atoms. The molecule has 0 saturated heterocycles. The van der Waals surface area contributed by atoms with Gasteiger partial charge in [-0.25, -0.2) is 0 Å². The number of anilines is 1. The Kier molecular flexibility index (Phi) is 6.70. The molecule has 0 heterocycles. The third-order valence-corrected chi connectivity index (χ3v) is 4.65. The summed E-state index contributed by atoms with van der Waals surface area (Å²) in [6, 6.07) is 17.6. The molecule has 0 aliphatic carbocycles. The Morgan fingerprint density at radius 3 is 2.47 bits per heavy atom. The van der Waals surface area contributed by atoms with Crippen LogP contribution >= 0.6 is 0 Å². The molecule has 0 aliphatic heterocycles. The second-order valence-electron chi connectivity index (χ2n) is 7.02. The van der Waals surface area contributed by atoms with Gasteiger partial charge in [0, 0.05) is 11.8 Å². The highest BCUT2D eigenvalue weighted by Crippen LogP contribution is 2.22. The van der Waals surface area contributed by atoms with Crippen LogP contribution in [0.4, 0.5) is 5.69 Å². The Balaban J connectivity index is 1.49. The molecule has 0 unspecified atom stereocenters. The molecule has 3 rings (SSSR count). The molecule has 0 aliphatic rings. The maximum Gasteiger partial charge on any atom is 0.262 e. The quantitative estimate of drug-likeness (QED) is 0.433. The number of amides is 2. The van der Waals surface area contributed by atoms with E-state index in [2.05, 4.69) is 16.2 Å². The van der Waals surface area contributed by atoms with Crippen molar-refractivity contribution in [2.24, 2.45) is 0 Å². The summed E-state index contributed by atoms with van der Waals surface area (Å²) >= 11 is 0. The lowest BCUT2D eigenvalue weighted by molar-refractivity contribution is -0.125. The van der Waals surface area contributed by atoms with E-state index in [9.17, 15) is 9.59 Å². The zero-order valence-electron chi connectivity index (χ0n) is 17.3. The van der Waals surface area contributed by atoms with Crippen LogP contribution in [-0.4, -0.2) is 25.5 Å². The molecule has 0 aromatic heterocycles. The monoisotopic (exact) mass is 403 g/mol. The number of nitrogens with one attached hydrogen (secondary N) is 3. The van der Waals surface area contributed by atoms with Crippen molar-refractivity contribution in [3.63, 3.8) is 0 Å². The molecule has 6 nitrogen and oxygen atoms in total. The number of carbonyl (C=O) groups is 2. The van der Waals surface area contributed by atoms with Crippen LogP contribution in [0, 0.1) is 13.8 Å². The molecule has 3 N–H and O–H groups in total. The van der Waals surface area contributed by atoms with Gasteiger partial charge >= 0.3 is 0 Å². The van der Waals surface area contributed by atoms with Crippen molar-refractivity contribution in [2.45, 2.75) is 13.8 Å². The predicted octanol–water partition coefficient (Wildman–Crippen LogP) is 3.74. The van der Waals surface area contributed by atoms with E-state index in [1.54, 1.807) is 13.2 Å². The predicted molar refractivity (Wildman–Crippen MR) is 120 cm³/mol. The summed E-state index contributed by atoms with van der Waals surface area (Å²) < 4.78 is 5.22. The van der Waals surface area contributed by atoms with Crippen molar-refractivity contribution >= 4 is 34.4 Å². The average molecular weight is 403 g/mol. The molecular formula is C24H25N3O3. The summed E-state index contributed by atoms with van der Waals surface area (Å²) in [5.41, 5.74) is 8.76. The zero-order chi connectivity index (χ0) is 21.5. The first-order chi connectivity index (χ1) is 14.4. The minimum Gasteiger partial charge on any atom is -0.497 e. The van der Waals surface area contributed by atoms with Gasteiger partial charge in [-0.3, -0.25) is 20.4 Å². The molecule has 0 bridgehead atoms. The van der Waals surface area contributed by atoms with Crippen LogP contribution < -0.4 is 20.9 Å². The molecule has 0 radical (unpaired) electrons. The molecule has 30 heavy (non-hydrogen) atoms. The number of benzene rings is 3. The maximum atomic E-state index is 12.0. The van der Waals surface area contributed by atoms with Gasteiger partial charge in [0.15, 0.2) is 0 Å². The molecule has 0 atom stereocenters. The molecule has 2 amide bonds. The minimum atomic E-state index is -0.412. The number of hydrogen-bond acceptors (Lipinski definition) is 4. The number of fused-ring (bicyclic) bond motifs is 1. The van der Waals surface area contributed by atoms with Gasteiger partial charge in [-0.2, -0.15) is 0 Å². The van der Waals surface area contributed by atoms with Crippen molar-refractivity contribution in [2.75, 3.05) is 19.0 Å². The Hall–Kier alpha value is -3.80. The smallest absolute Gasteiger partial charge is 0.262 e. The molecule has 0 fully saturated rings. The summed E-state index contributed by atoms with van der Waals surface area (Å²) in [6.45, 7) is 4.05. The van der Waals surface area contributed by atoms with Gasteiger partial charge in [-0.05, 0) is 66.1 Å². The van der Waals surface area contributed by atoms with Crippen LogP contribution in [-0.2, 0) is 9.59 Å². The average Bonchev–Trinajstić information content (AvgIpc) is 2.75. The molecule has 3 aromatic rings. The van der Waals surface area contributed by atoms with E-state index in [1.807, 2.05) is 68.4 Å². The first-order valence-corrected chi connectivity index (χ1v) is 9.60. The van der Waals surface area contributed by atoms with Crippen LogP contribution in [0.25, 0.3) is 16.8 Å². The van der Waals surface area contributed by atoms with E-state index in [1.165, 1.54) is 6.08 Å². The third kappa shape index (κ3) is 5.61. The first-order valence-electron chi connectivity index (χ1n) is 9.60. The molecule has 0 saturated carbocycles. The summed E-state index contributed by atoms with van der Waals surface area (Å²) in [6.07, 6.45) is 3.07. The van der Waals surface area contributed by atoms with Crippen molar-refractivity contribution in [1.82, 2.24) is 10.9 Å². The van der Waals surface area contributed by atoms with Crippen molar-refractivity contribution in [3.8, 4) is 5.75 Å². The minimum absolute atomic E-state index is 0.0576. The van der Waals surface area contributed by atoms with Crippen molar-refractivity contribution in [3.05, 3.63) is 77.4 Å². The van der Waals surface area contributed by atoms with Crippen molar-refractivity contribution < 1.29 is 14.3 Å². The number of methoxy groups -OCH3 is 1. The van der Waals surface area contributed by atoms with E-state index in [-0.39, 0.29) is 12.5 Å². The molecule has 6 heteroatoms. The zero-order valence-corrected chi connectivity index (χ0v) is 17.3. The van der Waals surface area contributed by atoms with E-state index in [4.69, 9.17) is 4.74 Å². The second-order valence-corrected chi connectivity index (χ2v) is 7.02. The van der Waals surface area contributed by atoms with Crippen LogP contribution in [0.2, 0.25) is 0 Å². The highest BCUT2D eigenvalue weighted by Gasteiger charge is 2.04. The Morgan fingerprint density at radius 1 is 0.933 bits per heavy atom. The van der Waals surface area contributed by atoms with Gasteiger partial charge in [0.2, 0.25) is 0 Å². The van der Waals surface area contributed by atoms with Crippen LogP contribution in [0.15, 0.2) is 60.7 Å². The van der Waals surface area contributed by atoms with Gasteiger partial charge in [0.1, 0.15) is 5.75 Å². The highest BCUT2D eigenvalue weighted by atomic mass is 16.5. The maximum absolute atomic E-state index is 12.0. The van der Waals surface area contributed by atoms with E-state index >= 15 is 0 Å². The second kappa shape index (κ2) is 9.60. The largest absolute Gasteiger partial charge is 0.497 e. The van der Waals surface area contributed by atoms with Gasteiger partial charge in [0.05, 0.1) is 13.7 Å². The summed E-state index contributed by atoms with van der Waals surface area (Å²) in [5, 5.41) is 5.16. The first kappa shape index (κ1) is 20.9. The topological polar surface area (TPSA) is 79.5 Å². The number of hydrazine groups is 1. The molecule has 154 valence electrons. The Labute approximate surface area is 175 Å². The fraction of sp³-hybridized carbons (Fsp3) is 0.167. The SMILES string of the molecule is COc1ccc2cc(/C=C/C(=O)NNC(=O)CNc3ccc(C)cc3C)ccc2c1. The van der Waals surface area contributed by atoms with Gasteiger partial charge in [0.25, 0.3) is 11.8 Å². The third-order valence-electron chi connectivity index (χ3n) is 4.65. The number of carbonyl (C=O) groups excluding carboxylic acids is 2. The number of aryl methyl sites for hydroxylation is 2. The standard InChI is InChI=1S/C24H25N3O3/c1-16-4-10-22(17(2)12-16)25-15-24(29)27-26-23(28)11-6-18-5-7-20-14-21(30-3)9-8-19(20)13-18/h4-14,25H,15H2,1-3H3,(H,26,28)(H,27,29)/b11-6+. The van der Waals surface area contributed by atoms with Crippen molar-refractivity contribution in [1.29, 1.82) is 0 Å². The normalized spacial score (nSPS) is 10.8. The number of ether oxygens (including phenoxy) is 1. The fourth-order valence-electron chi connectivity index (χ4n) is 3.05. The van der Waals surface area contributed by atoms with Crippen LogP contribution in [0.3, 0.4) is 0 Å². The fourth-order valence-corrected chi connectivity index (χ4v) is 3.05. The Morgan fingerprint density at radius 2 is 1.70 bits per heavy atom. The molecular weight excluding hydrogens is 378 g/mol. The lowest BCUT2D eigenvalue weighted by atomic mass is 10.1. The summed E-state index contributed by atoms with van der Waals surface area (Å²) in [7, 11) is 1.63. The van der Waals surface area contributed by atoms with Gasteiger partial charge < -0.3 is 10.1 Å². The van der Waals surface area contributed by atoms with E-state index in [0.29, 0.717) is 0 Å². The van der Waals surface area contributed by atoms with Crippen LogP contribution in [0.1, 0.15) is 16.7 Å². The lowest BCUT2D eigenvalue weighted by Gasteiger charge is -2.10. The van der Waals surface area contributed by atoms with E-state index < -0.39 is 5.91 Å². The van der Waals surface area contributed by atoms with Crippen LogP contribution in [0.5, 0.6) is 5.75 Å². The van der Waals surface area contributed by atoms with E-state index in [0.717, 1.165) is 38.9 Å². The van der Waals surface area contributed by atoms with Gasteiger partial charge in [-0.1, -0.05) is 35.9 Å². The Bertz CT molecular complexity index is 1110. The lowest BCUT2D eigenvalue weighted by Crippen LogP contribution is -2.43. The molecule has 3 aromatic carbocycles. The van der Waals surface area contributed by atoms with Gasteiger partial charge in [-0.15, -0.1) is 0 Å². The summed E-state index contributed by atoms with van der Waals surface area (Å²) in [5.74, 6) is 0.0500. The summed E-state index contributed by atoms with van der Waals surface area (Å²) in [4.78, 5) is 23.9. The number of rotatable bonds is 6.